The number of carbonyl (C=O) groups is 1. The fraction of sp³-hybridized carbons (Fsp3) is 0.273. The number of halogens is 2. The number of hydrogen-bond acceptors (Lipinski definition) is 9. The number of nitriles is 1. The summed E-state index contributed by atoms with van der Waals surface area (Å²) in [5.41, 5.74) is 2.79. The SMILES string of the molecule is CC(=O)Oc1c(C)cc(CN2C=NN(C[C@](O)(c3ccc(F)cc3F)[C@@H](C)c3nc(-c4ccc(C#N)cc4)cs3)C2)cc1C. The average molecular weight is 616 g/mol. The smallest absolute Gasteiger partial charge is 0.308 e. The van der Waals surface area contributed by atoms with Crippen LogP contribution in [0, 0.1) is 36.8 Å². The van der Waals surface area contributed by atoms with Crippen LogP contribution in [0.3, 0.4) is 0 Å². The minimum Gasteiger partial charge on any atom is -0.426 e. The molecule has 0 fully saturated rings. The number of carbonyl (C=O) groups excluding carboxylic acids is 1. The summed E-state index contributed by atoms with van der Waals surface area (Å²) in [6, 6.07) is 16.2. The van der Waals surface area contributed by atoms with Crippen molar-refractivity contribution in [3.8, 4) is 23.1 Å². The van der Waals surface area contributed by atoms with Gasteiger partial charge in [-0.2, -0.15) is 10.4 Å². The van der Waals surface area contributed by atoms with Crippen molar-refractivity contribution in [1.82, 2.24) is 14.9 Å². The molecule has 0 unspecified atom stereocenters. The first kappa shape index (κ1) is 30.8. The summed E-state index contributed by atoms with van der Waals surface area (Å²) in [6.45, 7) is 7.62. The first-order chi connectivity index (χ1) is 21.0. The highest BCUT2D eigenvalue weighted by Crippen LogP contribution is 2.41. The summed E-state index contributed by atoms with van der Waals surface area (Å²) in [7, 11) is 0. The molecule has 0 amide bonds. The Labute approximate surface area is 258 Å². The molecule has 11 heteroatoms. The van der Waals surface area contributed by atoms with Crippen molar-refractivity contribution in [3.05, 3.63) is 104 Å². The molecule has 0 spiro atoms. The number of hydrogen-bond donors (Lipinski definition) is 1. The van der Waals surface area contributed by atoms with Crippen molar-refractivity contribution in [1.29, 1.82) is 5.26 Å². The lowest BCUT2D eigenvalue weighted by Crippen LogP contribution is -2.44. The van der Waals surface area contributed by atoms with Gasteiger partial charge in [0.05, 0.1) is 28.9 Å². The zero-order chi connectivity index (χ0) is 31.6. The number of aliphatic hydroxyl groups is 1. The maximum absolute atomic E-state index is 15.2. The fourth-order valence-corrected chi connectivity index (χ4v) is 6.37. The number of aryl methyl sites for hydroxylation is 2. The molecule has 0 radical (unpaired) electrons. The van der Waals surface area contributed by atoms with Crippen LogP contribution < -0.4 is 4.74 Å². The van der Waals surface area contributed by atoms with E-state index in [0.29, 0.717) is 35.2 Å². The molecular weight excluding hydrogens is 584 g/mol. The predicted molar refractivity (Wildman–Crippen MR) is 164 cm³/mol. The van der Waals surface area contributed by atoms with E-state index in [1.807, 2.05) is 36.3 Å². The van der Waals surface area contributed by atoms with Crippen LogP contribution >= 0.6 is 11.3 Å². The minimum absolute atomic E-state index is 0.0533. The predicted octanol–water partition coefficient (Wildman–Crippen LogP) is 6.21. The fourth-order valence-electron chi connectivity index (χ4n) is 5.39. The minimum atomic E-state index is -1.82. The number of ether oxygens (including phenoxy) is 1. The Morgan fingerprint density at radius 2 is 1.86 bits per heavy atom. The van der Waals surface area contributed by atoms with Crippen LogP contribution in [0.5, 0.6) is 5.75 Å². The number of nitrogens with zero attached hydrogens (tertiary/aromatic N) is 5. The Bertz CT molecular complexity index is 1740. The van der Waals surface area contributed by atoms with Gasteiger partial charge in [-0.25, -0.2) is 13.8 Å². The molecule has 0 aliphatic carbocycles. The van der Waals surface area contributed by atoms with E-state index in [2.05, 4.69) is 11.2 Å². The van der Waals surface area contributed by atoms with Crippen LogP contribution in [-0.4, -0.2) is 45.5 Å². The van der Waals surface area contributed by atoms with Gasteiger partial charge in [0.25, 0.3) is 0 Å². The topological polar surface area (TPSA) is 102 Å². The second kappa shape index (κ2) is 12.5. The maximum Gasteiger partial charge on any atom is 0.308 e. The lowest BCUT2D eigenvalue weighted by atomic mass is 9.81. The monoisotopic (exact) mass is 615 g/mol. The van der Waals surface area contributed by atoms with Crippen LogP contribution in [0.15, 0.2) is 65.1 Å². The molecule has 0 bridgehead atoms. The summed E-state index contributed by atoms with van der Waals surface area (Å²) in [4.78, 5) is 18.2. The first-order valence-corrected chi connectivity index (χ1v) is 14.8. The molecule has 3 aromatic carbocycles. The molecular formula is C33H31F2N5O3S. The van der Waals surface area contributed by atoms with Gasteiger partial charge in [-0.3, -0.25) is 9.80 Å². The van der Waals surface area contributed by atoms with E-state index < -0.39 is 23.2 Å². The molecule has 4 aromatic rings. The average Bonchev–Trinajstić information content (AvgIpc) is 3.64. The largest absolute Gasteiger partial charge is 0.426 e. The number of benzene rings is 3. The maximum atomic E-state index is 15.2. The Kier molecular flexibility index (Phi) is 8.76. The van der Waals surface area contributed by atoms with Crippen LogP contribution in [-0.2, 0) is 16.9 Å². The van der Waals surface area contributed by atoms with E-state index in [-0.39, 0.29) is 18.1 Å². The van der Waals surface area contributed by atoms with Crippen molar-refractivity contribution >= 4 is 23.6 Å². The number of β-amino-alcohol motifs (C(OH)–C–C–N with tert-alkyl or cyclic N) is 1. The number of esters is 1. The molecule has 1 aliphatic rings. The van der Waals surface area contributed by atoms with Crippen molar-refractivity contribution in [2.45, 2.75) is 45.8 Å². The Balaban J connectivity index is 1.38. The molecule has 226 valence electrons. The molecule has 0 saturated heterocycles. The van der Waals surface area contributed by atoms with Crippen molar-refractivity contribution in [2.75, 3.05) is 13.2 Å². The van der Waals surface area contributed by atoms with E-state index >= 15 is 4.39 Å². The van der Waals surface area contributed by atoms with Crippen LogP contribution in [0.1, 0.15) is 52.6 Å². The third-order valence-electron chi connectivity index (χ3n) is 7.61. The molecule has 1 aromatic heterocycles. The molecule has 44 heavy (non-hydrogen) atoms. The van der Waals surface area contributed by atoms with Crippen molar-refractivity contribution < 1.29 is 23.4 Å². The molecule has 2 heterocycles. The highest BCUT2D eigenvalue weighted by molar-refractivity contribution is 7.10. The number of aromatic nitrogens is 1. The third kappa shape index (κ3) is 6.46. The molecule has 1 N–H and O–H groups in total. The van der Waals surface area contributed by atoms with Gasteiger partial charge in [-0.05, 0) is 48.7 Å². The number of hydrazone groups is 1. The number of rotatable bonds is 9. The Morgan fingerprint density at radius 3 is 2.50 bits per heavy atom. The van der Waals surface area contributed by atoms with Crippen LogP contribution in [0.25, 0.3) is 11.3 Å². The lowest BCUT2D eigenvalue weighted by Gasteiger charge is -2.36. The van der Waals surface area contributed by atoms with Gasteiger partial charge in [-0.15, -0.1) is 11.3 Å². The van der Waals surface area contributed by atoms with Gasteiger partial charge < -0.3 is 14.7 Å². The highest BCUT2D eigenvalue weighted by atomic mass is 32.1. The molecule has 2 atom stereocenters. The van der Waals surface area contributed by atoms with Gasteiger partial charge in [-0.1, -0.05) is 37.3 Å². The van der Waals surface area contributed by atoms with Gasteiger partial charge in [0.1, 0.15) is 36.0 Å². The van der Waals surface area contributed by atoms with E-state index in [9.17, 15) is 14.3 Å². The Morgan fingerprint density at radius 1 is 1.16 bits per heavy atom. The third-order valence-corrected chi connectivity index (χ3v) is 8.64. The van der Waals surface area contributed by atoms with Crippen molar-refractivity contribution in [3.63, 3.8) is 0 Å². The van der Waals surface area contributed by atoms with Gasteiger partial charge in [0.15, 0.2) is 0 Å². The zero-order valence-electron chi connectivity index (χ0n) is 24.7. The van der Waals surface area contributed by atoms with Crippen LogP contribution in [0.4, 0.5) is 8.78 Å². The highest BCUT2D eigenvalue weighted by Gasteiger charge is 2.43. The van der Waals surface area contributed by atoms with Gasteiger partial charge >= 0.3 is 5.97 Å². The van der Waals surface area contributed by atoms with E-state index in [1.165, 1.54) is 24.3 Å². The van der Waals surface area contributed by atoms with Crippen molar-refractivity contribution in [2.24, 2.45) is 5.10 Å². The first-order valence-electron chi connectivity index (χ1n) is 13.9. The molecule has 8 nitrogen and oxygen atoms in total. The Hall–Kier alpha value is -4.66. The molecule has 0 saturated carbocycles. The van der Waals surface area contributed by atoms with Gasteiger partial charge in [0.2, 0.25) is 0 Å². The zero-order valence-corrected chi connectivity index (χ0v) is 25.5. The van der Waals surface area contributed by atoms with Crippen LogP contribution in [0.2, 0.25) is 0 Å². The summed E-state index contributed by atoms with van der Waals surface area (Å²) in [5, 5.41) is 29.9. The summed E-state index contributed by atoms with van der Waals surface area (Å²) < 4.78 is 34.5. The summed E-state index contributed by atoms with van der Waals surface area (Å²) in [6.07, 6.45) is 1.66. The second-order valence-electron chi connectivity index (χ2n) is 11.0. The van der Waals surface area contributed by atoms with E-state index in [1.54, 1.807) is 42.5 Å². The molecule has 5 rings (SSSR count). The number of thiazole rings is 1. The summed E-state index contributed by atoms with van der Waals surface area (Å²) in [5.74, 6) is -2.13. The normalized spacial score (nSPS) is 14.8. The standard InChI is InChI=1S/C33H31F2N5O3S/c1-20-11-25(12-21(2)31(20)43-23(4)41)15-39-18-37-40(19-39)17-33(42,28-10-9-27(34)13-29(28)35)22(3)32-38-30(16-44-32)26-7-5-24(14-36)6-8-26/h5-13,16,18,22,42H,15,17,19H2,1-4H3/t22-,33+/m0/s1. The second-order valence-corrected chi connectivity index (χ2v) is 11.9. The molecule has 1 aliphatic heterocycles. The lowest BCUT2D eigenvalue weighted by molar-refractivity contribution is -0.131. The van der Waals surface area contributed by atoms with E-state index in [4.69, 9.17) is 15.0 Å². The summed E-state index contributed by atoms with van der Waals surface area (Å²) >= 11 is 1.33. The quantitative estimate of drug-likeness (QED) is 0.176. The van der Waals surface area contributed by atoms with Gasteiger partial charge in [0, 0.05) is 42.0 Å². The van der Waals surface area contributed by atoms with E-state index in [0.717, 1.165) is 34.4 Å².